The van der Waals surface area contributed by atoms with Crippen molar-refractivity contribution < 1.29 is 23.8 Å². The number of benzene rings is 2. The van der Waals surface area contributed by atoms with Gasteiger partial charge in [-0.2, -0.15) is 0 Å². The molecule has 0 spiro atoms. The fraction of sp³-hybridized carbons (Fsp3) is 0.105. The van der Waals surface area contributed by atoms with Crippen LogP contribution in [0.1, 0.15) is 18.1 Å². The maximum atomic E-state index is 12.1. The number of esters is 2. The highest BCUT2D eigenvalue weighted by atomic mass is 79.9. The zero-order valence-electron chi connectivity index (χ0n) is 14.0. The van der Waals surface area contributed by atoms with E-state index in [-0.39, 0.29) is 17.3 Å². The van der Waals surface area contributed by atoms with Crippen molar-refractivity contribution in [3.05, 3.63) is 63.8 Å². The summed E-state index contributed by atoms with van der Waals surface area (Å²) >= 11 is 3.41. The van der Waals surface area contributed by atoms with Crippen LogP contribution in [0.4, 0.5) is 0 Å². The second-order valence-electron chi connectivity index (χ2n) is 5.32. The van der Waals surface area contributed by atoms with Crippen molar-refractivity contribution in [2.45, 2.75) is 6.92 Å². The maximum absolute atomic E-state index is 12.1. The van der Waals surface area contributed by atoms with Gasteiger partial charge in [0.2, 0.25) is 5.90 Å². The molecule has 0 fully saturated rings. The molecule has 0 atom stereocenters. The number of nitrogens with zero attached hydrogens (tertiary/aromatic N) is 1. The largest absolute Gasteiger partial charge is 0.493 e. The van der Waals surface area contributed by atoms with Gasteiger partial charge in [-0.05, 0) is 51.8 Å². The Balaban J connectivity index is 1.96. The summed E-state index contributed by atoms with van der Waals surface area (Å²) < 4.78 is 16.3. The second kappa shape index (κ2) is 7.53. The molecule has 2 aromatic rings. The Morgan fingerprint density at radius 3 is 2.65 bits per heavy atom. The number of carbonyl (C=O) groups excluding carboxylic acids is 2. The van der Waals surface area contributed by atoms with Gasteiger partial charge in [-0.1, -0.05) is 18.2 Å². The summed E-state index contributed by atoms with van der Waals surface area (Å²) in [7, 11) is 1.48. The van der Waals surface area contributed by atoms with Gasteiger partial charge in [0.1, 0.15) is 0 Å². The highest BCUT2D eigenvalue weighted by Gasteiger charge is 2.25. The number of hydrogen-bond acceptors (Lipinski definition) is 6. The van der Waals surface area contributed by atoms with E-state index in [1.807, 2.05) is 18.2 Å². The van der Waals surface area contributed by atoms with Gasteiger partial charge in [0, 0.05) is 11.4 Å². The van der Waals surface area contributed by atoms with Crippen molar-refractivity contribution in [3.8, 4) is 11.5 Å². The summed E-state index contributed by atoms with van der Waals surface area (Å²) in [5.41, 5.74) is 1.44. The molecule has 1 aliphatic rings. The van der Waals surface area contributed by atoms with Crippen molar-refractivity contribution >= 4 is 39.8 Å². The van der Waals surface area contributed by atoms with E-state index in [0.717, 1.165) is 4.47 Å². The lowest BCUT2D eigenvalue weighted by Crippen LogP contribution is -2.06. The molecular weight excluding hydrogens is 402 g/mol. The molecule has 6 nitrogen and oxygen atoms in total. The Kier molecular flexibility index (Phi) is 5.18. The average molecular weight is 416 g/mol. The van der Waals surface area contributed by atoms with Gasteiger partial charge in [-0.15, -0.1) is 0 Å². The second-order valence-corrected chi connectivity index (χ2v) is 6.17. The van der Waals surface area contributed by atoms with Gasteiger partial charge < -0.3 is 14.2 Å². The van der Waals surface area contributed by atoms with E-state index < -0.39 is 11.9 Å². The molecule has 0 saturated carbocycles. The highest BCUT2D eigenvalue weighted by molar-refractivity contribution is 9.10. The zero-order chi connectivity index (χ0) is 18.7. The van der Waals surface area contributed by atoms with Crippen LogP contribution in [0.25, 0.3) is 6.08 Å². The minimum Gasteiger partial charge on any atom is -0.493 e. The number of cyclic esters (lactones) is 1. The molecule has 3 rings (SSSR count). The molecule has 2 aromatic carbocycles. The van der Waals surface area contributed by atoms with Gasteiger partial charge in [-0.25, -0.2) is 9.79 Å². The molecule has 0 saturated heterocycles. The van der Waals surface area contributed by atoms with Crippen molar-refractivity contribution in [2.75, 3.05) is 7.11 Å². The Bertz CT molecular complexity index is 949. The first-order chi connectivity index (χ1) is 12.5. The maximum Gasteiger partial charge on any atom is 0.363 e. The number of aliphatic imine (C=N–C) groups is 1. The normalized spacial score (nSPS) is 14.8. The molecule has 26 heavy (non-hydrogen) atoms. The summed E-state index contributed by atoms with van der Waals surface area (Å²) in [6.07, 6.45) is 1.55. The minimum absolute atomic E-state index is 0.148. The number of carbonyl (C=O) groups is 2. The van der Waals surface area contributed by atoms with E-state index in [1.54, 1.807) is 30.3 Å². The van der Waals surface area contributed by atoms with Crippen LogP contribution in [0.15, 0.2) is 57.6 Å². The predicted octanol–water partition coefficient (Wildman–Crippen LogP) is 3.73. The number of halogens is 1. The molecule has 0 N–H and O–H groups in total. The Labute approximate surface area is 158 Å². The Morgan fingerprint density at radius 2 is 1.96 bits per heavy atom. The summed E-state index contributed by atoms with van der Waals surface area (Å²) in [4.78, 5) is 27.6. The minimum atomic E-state index is -0.555. The first kappa shape index (κ1) is 17.9. The van der Waals surface area contributed by atoms with Crippen molar-refractivity contribution in [2.24, 2.45) is 4.99 Å². The number of ether oxygens (including phenoxy) is 3. The Morgan fingerprint density at radius 1 is 1.19 bits per heavy atom. The van der Waals surface area contributed by atoms with E-state index in [2.05, 4.69) is 20.9 Å². The van der Waals surface area contributed by atoms with Crippen LogP contribution in [0.5, 0.6) is 11.5 Å². The molecular formula is C19H14BrNO5. The molecule has 7 heteroatoms. The molecule has 0 aliphatic carbocycles. The molecule has 0 aromatic heterocycles. The third-order valence-corrected chi connectivity index (χ3v) is 4.16. The summed E-state index contributed by atoms with van der Waals surface area (Å²) in [5.74, 6) is -0.129. The lowest BCUT2D eigenvalue weighted by atomic mass is 10.1. The molecule has 0 radical (unpaired) electrons. The lowest BCUT2D eigenvalue weighted by molar-refractivity contribution is -0.132. The van der Waals surface area contributed by atoms with Gasteiger partial charge in [0.15, 0.2) is 17.2 Å². The molecule has 1 aliphatic heterocycles. The lowest BCUT2D eigenvalue weighted by Gasteiger charge is -2.08. The van der Waals surface area contributed by atoms with Crippen LogP contribution in [0.3, 0.4) is 0 Å². The summed E-state index contributed by atoms with van der Waals surface area (Å²) in [6, 6.07) is 12.3. The van der Waals surface area contributed by atoms with Crippen molar-refractivity contribution in [3.63, 3.8) is 0 Å². The monoisotopic (exact) mass is 415 g/mol. The molecule has 0 amide bonds. The SMILES string of the molecule is COc1ccc(/C=C2/N=C(c3ccccc3Br)OC2=O)cc1OC(C)=O. The van der Waals surface area contributed by atoms with Crippen LogP contribution in [0, 0.1) is 0 Å². The number of rotatable bonds is 4. The number of hydrogen-bond donors (Lipinski definition) is 0. The summed E-state index contributed by atoms with van der Waals surface area (Å²) in [6.45, 7) is 1.30. The quantitative estimate of drug-likeness (QED) is 0.432. The smallest absolute Gasteiger partial charge is 0.363 e. The third kappa shape index (κ3) is 3.83. The van der Waals surface area contributed by atoms with Crippen LogP contribution in [-0.2, 0) is 14.3 Å². The summed E-state index contributed by atoms with van der Waals surface area (Å²) in [5, 5.41) is 0. The van der Waals surface area contributed by atoms with Gasteiger partial charge in [-0.3, -0.25) is 4.79 Å². The first-order valence-corrected chi connectivity index (χ1v) is 8.41. The highest BCUT2D eigenvalue weighted by Crippen LogP contribution is 2.30. The van der Waals surface area contributed by atoms with Crippen molar-refractivity contribution in [1.29, 1.82) is 0 Å². The van der Waals surface area contributed by atoms with Gasteiger partial charge in [0.25, 0.3) is 0 Å². The fourth-order valence-electron chi connectivity index (χ4n) is 2.33. The van der Waals surface area contributed by atoms with Crippen LogP contribution in [-0.4, -0.2) is 24.9 Å². The zero-order valence-corrected chi connectivity index (χ0v) is 15.6. The topological polar surface area (TPSA) is 74.2 Å². The van der Waals surface area contributed by atoms with E-state index in [4.69, 9.17) is 14.2 Å². The van der Waals surface area contributed by atoms with Crippen molar-refractivity contribution in [1.82, 2.24) is 0 Å². The molecule has 0 unspecified atom stereocenters. The van der Waals surface area contributed by atoms with Crippen LogP contribution < -0.4 is 9.47 Å². The van der Waals surface area contributed by atoms with Gasteiger partial charge in [0.05, 0.1) is 12.7 Å². The molecule has 1 heterocycles. The average Bonchev–Trinajstić information content (AvgIpc) is 2.95. The van der Waals surface area contributed by atoms with Crippen LogP contribution >= 0.6 is 15.9 Å². The fourth-order valence-corrected chi connectivity index (χ4v) is 2.79. The predicted molar refractivity (Wildman–Crippen MR) is 99.1 cm³/mol. The van der Waals surface area contributed by atoms with Crippen LogP contribution in [0.2, 0.25) is 0 Å². The third-order valence-electron chi connectivity index (χ3n) is 3.47. The molecule has 132 valence electrons. The van der Waals surface area contributed by atoms with E-state index >= 15 is 0 Å². The first-order valence-electron chi connectivity index (χ1n) is 7.62. The number of methoxy groups -OCH3 is 1. The molecule has 0 bridgehead atoms. The van der Waals surface area contributed by atoms with E-state index in [9.17, 15) is 9.59 Å². The standard InChI is InChI=1S/C19H14BrNO5/c1-11(22)25-17-10-12(7-8-16(17)24-2)9-15-19(23)26-18(21-15)13-5-3-4-6-14(13)20/h3-10H,1-2H3/b15-9+. The van der Waals surface area contributed by atoms with E-state index in [0.29, 0.717) is 16.9 Å². The Hall–Kier alpha value is -2.93. The van der Waals surface area contributed by atoms with E-state index in [1.165, 1.54) is 14.0 Å². The van der Waals surface area contributed by atoms with Gasteiger partial charge >= 0.3 is 11.9 Å².